The van der Waals surface area contributed by atoms with Crippen molar-refractivity contribution in [1.82, 2.24) is 9.13 Å². The van der Waals surface area contributed by atoms with E-state index in [1.165, 1.54) is 22.3 Å². The Morgan fingerprint density at radius 2 is 1.88 bits per heavy atom. The quantitative estimate of drug-likeness (QED) is 0.839. The minimum absolute atomic E-state index is 0.0670. The fourth-order valence-corrected chi connectivity index (χ4v) is 3.87. The van der Waals surface area contributed by atoms with E-state index in [1.54, 1.807) is 7.05 Å². The Bertz CT molecular complexity index is 833. The van der Waals surface area contributed by atoms with E-state index in [0.29, 0.717) is 17.6 Å². The molecule has 1 aliphatic carbocycles. The molecule has 1 unspecified atom stereocenters. The van der Waals surface area contributed by atoms with Crippen LogP contribution in [0, 0.1) is 11.8 Å². The molecule has 5 nitrogen and oxygen atoms in total. The van der Waals surface area contributed by atoms with Gasteiger partial charge >= 0.3 is 11.9 Å². The molecule has 0 spiro atoms. The first kappa shape index (κ1) is 19.0. The minimum Gasteiger partial charge on any atom is -0.368 e. The summed E-state index contributed by atoms with van der Waals surface area (Å²) in [5.41, 5.74) is -0.257. The van der Waals surface area contributed by atoms with Crippen molar-refractivity contribution in [2.45, 2.75) is 44.7 Å². The van der Waals surface area contributed by atoms with Gasteiger partial charge in [0.15, 0.2) is 6.29 Å². The Morgan fingerprint density at radius 1 is 1.23 bits per heavy atom. The highest BCUT2D eigenvalue weighted by molar-refractivity contribution is 5.77. The number of fused-ring (bicyclic) bond motifs is 1. The number of aromatic nitrogens is 2. The number of ether oxygens (including phenoxy) is 1. The summed E-state index contributed by atoms with van der Waals surface area (Å²) >= 11 is 0. The van der Waals surface area contributed by atoms with Crippen molar-refractivity contribution in [3.63, 3.8) is 0 Å². The number of aliphatic hydroxyl groups excluding tert-OH is 1. The van der Waals surface area contributed by atoms with E-state index in [2.05, 4.69) is 0 Å². The van der Waals surface area contributed by atoms with E-state index in [1.807, 2.05) is 0 Å². The predicted molar refractivity (Wildman–Crippen MR) is 90.6 cm³/mol. The van der Waals surface area contributed by atoms with Gasteiger partial charge in [0.1, 0.15) is 0 Å². The van der Waals surface area contributed by atoms with Gasteiger partial charge in [-0.05, 0) is 49.8 Å². The van der Waals surface area contributed by atoms with Gasteiger partial charge < -0.3 is 9.84 Å². The standard InChI is InChI=1S/C18H23F3N2O3/c1-22-14-8-7-13(18(19,20)21)9-15(14)23(17(22)25)10-11-3-5-12(6-4-11)16(24)26-2/h7-9,11-12,16,24H,3-6,10H2,1-2H3. The van der Waals surface area contributed by atoms with Crippen LogP contribution < -0.4 is 5.69 Å². The van der Waals surface area contributed by atoms with Crippen LogP contribution in [-0.2, 0) is 24.5 Å². The zero-order valence-electron chi connectivity index (χ0n) is 14.8. The van der Waals surface area contributed by atoms with Crippen molar-refractivity contribution in [1.29, 1.82) is 0 Å². The molecule has 1 fully saturated rings. The maximum atomic E-state index is 13.0. The zero-order chi connectivity index (χ0) is 19.1. The molecule has 0 amide bonds. The van der Waals surface area contributed by atoms with Crippen molar-refractivity contribution in [2.75, 3.05) is 7.11 Å². The van der Waals surface area contributed by atoms with E-state index >= 15 is 0 Å². The fraction of sp³-hybridized carbons (Fsp3) is 0.611. The number of aliphatic hydroxyl groups is 1. The maximum absolute atomic E-state index is 13.0. The Balaban J connectivity index is 1.86. The molecule has 3 rings (SSSR count). The van der Waals surface area contributed by atoms with Crippen molar-refractivity contribution < 1.29 is 23.0 Å². The van der Waals surface area contributed by atoms with Crippen molar-refractivity contribution in [3.8, 4) is 0 Å². The fourth-order valence-electron chi connectivity index (χ4n) is 3.87. The first-order chi connectivity index (χ1) is 12.2. The molecule has 1 heterocycles. The van der Waals surface area contributed by atoms with Crippen LogP contribution >= 0.6 is 0 Å². The summed E-state index contributed by atoms with van der Waals surface area (Å²) in [7, 11) is 3.03. The van der Waals surface area contributed by atoms with E-state index in [4.69, 9.17) is 4.74 Å². The zero-order valence-corrected chi connectivity index (χ0v) is 14.8. The molecule has 2 aromatic rings. The third-order valence-electron chi connectivity index (χ3n) is 5.45. The van der Waals surface area contributed by atoms with Crippen LogP contribution in [0.3, 0.4) is 0 Å². The molecule has 0 bridgehead atoms. The summed E-state index contributed by atoms with van der Waals surface area (Å²) in [6.07, 6.45) is -2.09. The highest BCUT2D eigenvalue weighted by Crippen LogP contribution is 2.34. The van der Waals surface area contributed by atoms with Crippen molar-refractivity contribution in [3.05, 3.63) is 34.2 Å². The second-order valence-corrected chi connectivity index (χ2v) is 7.06. The normalized spacial score (nSPS) is 22.7. The molecule has 1 N–H and O–H groups in total. The smallest absolute Gasteiger partial charge is 0.368 e. The summed E-state index contributed by atoms with van der Waals surface area (Å²) in [5, 5.41) is 9.77. The van der Waals surface area contributed by atoms with Crippen LogP contribution in [0.15, 0.2) is 23.0 Å². The molecule has 1 aromatic heterocycles. The summed E-state index contributed by atoms with van der Waals surface area (Å²) in [4.78, 5) is 12.5. The number of methoxy groups -OCH3 is 1. The van der Waals surface area contributed by atoms with Gasteiger partial charge in [-0.25, -0.2) is 4.79 Å². The number of alkyl halides is 3. The number of nitrogens with zero attached hydrogens (tertiary/aromatic N) is 2. The highest BCUT2D eigenvalue weighted by atomic mass is 19.4. The van der Waals surface area contributed by atoms with E-state index in [9.17, 15) is 23.1 Å². The number of imidazole rings is 1. The first-order valence-electron chi connectivity index (χ1n) is 8.69. The van der Waals surface area contributed by atoms with E-state index in [-0.39, 0.29) is 17.5 Å². The minimum atomic E-state index is -4.45. The molecule has 0 saturated heterocycles. The predicted octanol–water partition coefficient (Wildman–Crippen LogP) is 3.13. The van der Waals surface area contributed by atoms with Crippen LogP contribution in [0.25, 0.3) is 11.0 Å². The third kappa shape index (κ3) is 3.53. The number of rotatable bonds is 4. The second-order valence-electron chi connectivity index (χ2n) is 7.06. The van der Waals surface area contributed by atoms with Crippen molar-refractivity contribution >= 4 is 11.0 Å². The molecule has 8 heteroatoms. The number of benzene rings is 1. The summed E-state index contributed by atoms with van der Waals surface area (Å²) < 4.78 is 46.9. The number of halogens is 3. The van der Waals surface area contributed by atoms with Crippen LogP contribution in [0.5, 0.6) is 0 Å². The summed E-state index contributed by atoms with van der Waals surface area (Å²) in [6.45, 7) is 0.382. The highest BCUT2D eigenvalue weighted by Gasteiger charge is 2.32. The van der Waals surface area contributed by atoms with Gasteiger partial charge in [0.2, 0.25) is 0 Å². The van der Waals surface area contributed by atoms with Gasteiger partial charge in [0.25, 0.3) is 0 Å². The Morgan fingerprint density at radius 3 is 2.46 bits per heavy atom. The lowest BCUT2D eigenvalue weighted by molar-refractivity contribution is -0.137. The van der Waals surface area contributed by atoms with Crippen LogP contribution in [-0.4, -0.2) is 27.6 Å². The van der Waals surface area contributed by atoms with Crippen molar-refractivity contribution in [2.24, 2.45) is 18.9 Å². The number of hydrogen-bond acceptors (Lipinski definition) is 3. The molecule has 0 aliphatic heterocycles. The third-order valence-corrected chi connectivity index (χ3v) is 5.45. The molecular formula is C18H23F3N2O3. The maximum Gasteiger partial charge on any atom is 0.416 e. The van der Waals surface area contributed by atoms with E-state index in [0.717, 1.165) is 37.8 Å². The SMILES string of the molecule is COC(O)C1CCC(Cn2c(=O)n(C)c3ccc(C(F)(F)F)cc32)CC1. The summed E-state index contributed by atoms with van der Waals surface area (Å²) in [5.74, 6) is 0.255. The number of hydrogen-bond donors (Lipinski definition) is 1. The first-order valence-corrected chi connectivity index (χ1v) is 8.69. The van der Waals surface area contributed by atoms with Crippen LogP contribution in [0.2, 0.25) is 0 Å². The van der Waals surface area contributed by atoms with Gasteiger partial charge in [-0.3, -0.25) is 9.13 Å². The molecule has 1 aliphatic rings. The average Bonchev–Trinajstić information content (AvgIpc) is 2.85. The topological polar surface area (TPSA) is 56.4 Å². The van der Waals surface area contributed by atoms with Gasteiger partial charge in [0.05, 0.1) is 16.6 Å². The van der Waals surface area contributed by atoms with Crippen LogP contribution in [0.1, 0.15) is 31.2 Å². The Kier molecular flexibility index (Phi) is 5.16. The monoisotopic (exact) mass is 372 g/mol. The Labute approximate surface area is 149 Å². The molecule has 144 valence electrons. The van der Waals surface area contributed by atoms with Gasteiger partial charge in [-0.1, -0.05) is 0 Å². The van der Waals surface area contributed by atoms with Gasteiger partial charge in [-0.15, -0.1) is 0 Å². The molecule has 1 atom stereocenters. The lowest BCUT2D eigenvalue weighted by atomic mass is 9.81. The number of aryl methyl sites for hydroxylation is 1. The molecule has 0 radical (unpaired) electrons. The molecule has 1 saturated carbocycles. The van der Waals surface area contributed by atoms with Gasteiger partial charge in [-0.2, -0.15) is 13.2 Å². The Hall–Kier alpha value is -1.80. The lowest BCUT2D eigenvalue weighted by Gasteiger charge is -2.30. The largest absolute Gasteiger partial charge is 0.416 e. The summed E-state index contributed by atoms with van der Waals surface area (Å²) in [6, 6.07) is 3.41. The second kappa shape index (κ2) is 7.08. The van der Waals surface area contributed by atoms with E-state index < -0.39 is 18.0 Å². The molecule has 1 aromatic carbocycles. The molecular weight excluding hydrogens is 349 g/mol. The molecule has 26 heavy (non-hydrogen) atoms. The lowest BCUT2D eigenvalue weighted by Crippen LogP contribution is -2.30. The van der Waals surface area contributed by atoms with Crippen LogP contribution in [0.4, 0.5) is 13.2 Å². The average molecular weight is 372 g/mol. The van der Waals surface area contributed by atoms with Gasteiger partial charge in [0, 0.05) is 26.6 Å².